The van der Waals surface area contributed by atoms with Crippen LogP contribution in [0.2, 0.25) is 0 Å². The second-order valence-corrected chi connectivity index (χ2v) is 4.29. The molecular formula is C11H19NO2. The fourth-order valence-electron chi connectivity index (χ4n) is 1.62. The molecule has 3 nitrogen and oxygen atoms in total. The fourth-order valence-corrected chi connectivity index (χ4v) is 1.62. The van der Waals surface area contributed by atoms with E-state index < -0.39 is 5.97 Å². The molecule has 0 aromatic carbocycles. The second-order valence-electron chi connectivity index (χ2n) is 4.29. The summed E-state index contributed by atoms with van der Waals surface area (Å²) < 4.78 is 0. The predicted octanol–water partition coefficient (Wildman–Crippen LogP) is 1.80. The van der Waals surface area contributed by atoms with Gasteiger partial charge in [-0.15, -0.1) is 0 Å². The first-order chi connectivity index (χ1) is 6.58. The smallest absolute Gasteiger partial charge is 0.328 e. The molecule has 0 amide bonds. The SMILES string of the molecule is CCC1(CNCC(C)=CC(=O)O)CC1. The van der Waals surface area contributed by atoms with Gasteiger partial charge in [0.1, 0.15) is 0 Å². The molecule has 0 radical (unpaired) electrons. The minimum atomic E-state index is -0.860. The van der Waals surface area contributed by atoms with Crippen molar-refractivity contribution in [2.75, 3.05) is 13.1 Å². The molecule has 1 saturated carbocycles. The van der Waals surface area contributed by atoms with Crippen LogP contribution in [-0.4, -0.2) is 24.2 Å². The lowest BCUT2D eigenvalue weighted by Gasteiger charge is -2.13. The highest BCUT2D eigenvalue weighted by atomic mass is 16.4. The van der Waals surface area contributed by atoms with Crippen LogP contribution in [0.25, 0.3) is 0 Å². The van der Waals surface area contributed by atoms with Gasteiger partial charge in [0.05, 0.1) is 0 Å². The molecule has 0 atom stereocenters. The lowest BCUT2D eigenvalue weighted by atomic mass is 10.0. The van der Waals surface area contributed by atoms with Gasteiger partial charge in [-0.2, -0.15) is 0 Å². The van der Waals surface area contributed by atoms with Crippen LogP contribution < -0.4 is 5.32 Å². The van der Waals surface area contributed by atoms with Crippen molar-refractivity contribution in [2.24, 2.45) is 5.41 Å². The van der Waals surface area contributed by atoms with E-state index in [1.807, 2.05) is 6.92 Å². The van der Waals surface area contributed by atoms with Gasteiger partial charge in [0, 0.05) is 19.2 Å². The van der Waals surface area contributed by atoms with E-state index in [0.29, 0.717) is 12.0 Å². The summed E-state index contributed by atoms with van der Waals surface area (Å²) in [5.41, 5.74) is 1.41. The minimum absolute atomic E-state index is 0.531. The van der Waals surface area contributed by atoms with Crippen LogP contribution in [0, 0.1) is 5.41 Å². The summed E-state index contributed by atoms with van der Waals surface area (Å²) in [7, 11) is 0. The third-order valence-electron chi connectivity index (χ3n) is 2.98. The maximum atomic E-state index is 10.3. The zero-order valence-electron chi connectivity index (χ0n) is 8.97. The van der Waals surface area contributed by atoms with Gasteiger partial charge in [0.2, 0.25) is 0 Å². The van der Waals surface area contributed by atoms with E-state index in [0.717, 1.165) is 12.1 Å². The zero-order chi connectivity index (χ0) is 10.6. The number of hydrogen-bond donors (Lipinski definition) is 2. The molecular weight excluding hydrogens is 178 g/mol. The van der Waals surface area contributed by atoms with E-state index in [1.54, 1.807) is 0 Å². The molecule has 0 unspecified atom stereocenters. The number of aliphatic carboxylic acids is 1. The summed E-state index contributed by atoms with van der Waals surface area (Å²) in [6.45, 7) is 5.77. The number of hydrogen-bond acceptors (Lipinski definition) is 2. The van der Waals surface area contributed by atoms with E-state index in [9.17, 15) is 4.79 Å². The molecule has 14 heavy (non-hydrogen) atoms. The van der Waals surface area contributed by atoms with E-state index >= 15 is 0 Å². The maximum absolute atomic E-state index is 10.3. The predicted molar refractivity (Wildman–Crippen MR) is 56.2 cm³/mol. The third kappa shape index (κ3) is 3.50. The number of carbonyl (C=O) groups is 1. The van der Waals surface area contributed by atoms with E-state index in [2.05, 4.69) is 12.2 Å². The van der Waals surface area contributed by atoms with Crippen molar-refractivity contribution in [3.63, 3.8) is 0 Å². The summed E-state index contributed by atoms with van der Waals surface area (Å²) in [6.07, 6.45) is 5.12. The normalized spacial score (nSPS) is 19.4. The molecule has 0 aliphatic heterocycles. The highest BCUT2D eigenvalue weighted by Gasteiger charge is 2.39. The molecule has 1 aliphatic carbocycles. The number of carboxylic acid groups (broad SMARTS) is 1. The van der Waals surface area contributed by atoms with Crippen molar-refractivity contribution in [2.45, 2.75) is 33.1 Å². The molecule has 3 heteroatoms. The summed E-state index contributed by atoms with van der Waals surface area (Å²) in [5.74, 6) is -0.860. The van der Waals surface area contributed by atoms with Gasteiger partial charge in [0.25, 0.3) is 0 Å². The van der Waals surface area contributed by atoms with Gasteiger partial charge in [0.15, 0.2) is 0 Å². The van der Waals surface area contributed by atoms with Gasteiger partial charge in [-0.25, -0.2) is 4.79 Å². The van der Waals surface area contributed by atoms with E-state index in [4.69, 9.17) is 5.11 Å². The Bertz CT molecular complexity index is 242. The molecule has 2 N–H and O–H groups in total. The first-order valence-electron chi connectivity index (χ1n) is 5.19. The van der Waals surface area contributed by atoms with Crippen molar-refractivity contribution < 1.29 is 9.90 Å². The van der Waals surface area contributed by atoms with E-state index in [1.165, 1.54) is 25.3 Å². The van der Waals surface area contributed by atoms with Crippen LogP contribution in [0.5, 0.6) is 0 Å². The molecule has 0 bridgehead atoms. The Morgan fingerprint density at radius 3 is 2.64 bits per heavy atom. The molecule has 0 aromatic rings. The number of carboxylic acids is 1. The lowest BCUT2D eigenvalue weighted by Crippen LogP contribution is -2.25. The topological polar surface area (TPSA) is 49.3 Å². The van der Waals surface area contributed by atoms with Crippen LogP contribution in [0.3, 0.4) is 0 Å². The average Bonchev–Trinajstić information content (AvgIpc) is 2.84. The summed E-state index contributed by atoms with van der Waals surface area (Å²) in [6, 6.07) is 0. The minimum Gasteiger partial charge on any atom is -0.478 e. The van der Waals surface area contributed by atoms with Crippen LogP contribution in [0.4, 0.5) is 0 Å². The van der Waals surface area contributed by atoms with Gasteiger partial charge in [-0.3, -0.25) is 0 Å². The van der Waals surface area contributed by atoms with Gasteiger partial charge in [-0.1, -0.05) is 12.5 Å². The maximum Gasteiger partial charge on any atom is 0.328 e. The van der Waals surface area contributed by atoms with Crippen molar-refractivity contribution in [3.05, 3.63) is 11.6 Å². The molecule has 1 fully saturated rings. The van der Waals surface area contributed by atoms with Gasteiger partial charge in [-0.05, 0) is 31.6 Å². The first kappa shape index (κ1) is 11.2. The Balaban J connectivity index is 2.18. The van der Waals surface area contributed by atoms with Crippen molar-refractivity contribution in [1.29, 1.82) is 0 Å². The van der Waals surface area contributed by atoms with Crippen LogP contribution in [-0.2, 0) is 4.79 Å². The largest absolute Gasteiger partial charge is 0.478 e. The Morgan fingerprint density at radius 2 is 2.21 bits per heavy atom. The first-order valence-corrected chi connectivity index (χ1v) is 5.19. The molecule has 80 valence electrons. The average molecular weight is 197 g/mol. The van der Waals surface area contributed by atoms with Gasteiger partial charge < -0.3 is 10.4 Å². The quantitative estimate of drug-likeness (QED) is 0.638. The zero-order valence-corrected chi connectivity index (χ0v) is 8.97. The van der Waals surface area contributed by atoms with Crippen LogP contribution in [0.15, 0.2) is 11.6 Å². The summed E-state index contributed by atoms with van der Waals surface area (Å²) in [5, 5.41) is 11.8. The van der Waals surface area contributed by atoms with Crippen molar-refractivity contribution in [1.82, 2.24) is 5.32 Å². The van der Waals surface area contributed by atoms with E-state index in [-0.39, 0.29) is 0 Å². The van der Waals surface area contributed by atoms with Gasteiger partial charge >= 0.3 is 5.97 Å². The Kier molecular flexibility index (Phi) is 3.69. The summed E-state index contributed by atoms with van der Waals surface area (Å²) >= 11 is 0. The molecule has 0 aromatic heterocycles. The highest BCUT2D eigenvalue weighted by molar-refractivity contribution is 5.80. The third-order valence-corrected chi connectivity index (χ3v) is 2.98. The van der Waals surface area contributed by atoms with Crippen LogP contribution >= 0.6 is 0 Å². The number of rotatable bonds is 6. The monoisotopic (exact) mass is 197 g/mol. The van der Waals surface area contributed by atoms with Crippen molar-refractivity contribution in [3.8, 4) is 0 Å². The fraction of sp³-hybridized carbons (Fsp3) is 0.727. The standard InChI is InChI=1S/C11H19NO2/c1-3-11(4-5-11)8-12-7-9(2)6-10(13)14/h6,12H,3-5,7-8H2,1-2H3,(H,13,14). The highest BCUT2D eigenvalue weighted by Crippen LogP contribution is 2.47. The second kappa shape index (κ2) is 4.60. The Morgan fingerprint density at radius 1 is 1.57 bits per heavy atom. The molecule has 1 rings (SSSR count). The molecule has 0 saturated heterocycles. The van der Waals surface area contributed by atoms with Crippen LogP contribution in [0.1, 0.15) is 33.1 Å². The lowest BCUT2D eigenvalue weighted by molar-refractivity contribution is -0.131. The molecule has 1 aliphatic rings. The Hall–Kier alpha value is -0.830. The summed E-state index contributed by atoms with van der Waals surface area (Å²) in [4.78, 5) is 10.3. The number of nitrogens with one attached hydrogen (secondary N) is 1. The molecule has 0 spiro atoms. The van der Waals surface area contributed by atoms with Crippen molar-refractivity contribution >= 4 is 5.97 Å². The molecule has 0 heterocycles. The Labute approximate surface area is 85.2 Å².